The molecule has 0 saturated heterocycles. The third-order valence-electron chi connectivity index (χ3n) is 6.29. The summed E-state index contributed by atoms with van der Waals surface area (Å²) in [4.78, 5) is 22.6. The lowest BCUT2D eigenvalue weighted by atomic mass is 9.79. The quantitative estimate of drug-likeness (QED) is 0.597. The zero-order valence-corrected chi connectivity index (χ0v) is 17.9. The number of rotatable bonds is 2. The molecule has 5 rings (SSSR count). The molecule has 1 aliphatic carbocycles. The third kappa shape index (κ3) is 2.87. The van der Waals surface area contributed by atoms with Gasteiger partial charge in [-0.15, -0.1) is 0 Å². The highest BCUT2D eigenvalue weighted by molar-refractivity contribution is 6.34. The molecule has 1 aliphatic heterocycles. The highest BCUT2D eigenvalue weighted by Gasteiger charge is 2.46. The smallest absolute Gasteiger partial charge is 0.258 e. The van der Waals surface area contributed by atoms with E-state index in [0.717, 1.165) is 24.2 Å². The Morgan fingerprint density at radius 3 is 2.71 bits per heavy atom. The van der Waals surface area contributed by atoms with Gasteiger partial charge in [-0.05, 0) is 42.2 Å². The van der Waals surface area contributed by atoms with Crippen LogP contribution in [0.25, 0.3) is 11.1 Å². The predicted octanol–water partition coefficient (Wildman–Crippen LogP) is 3.68. The van der Waals surface area contributed by atoms with E-state index in [1.807, 2.05) is 12.3 Å². The van der Waals surface area contributed by atoms with Crippen LogP contribution in [-0.4, -0.2) is 41.4 Å². The first-order chi connectivity index (χ1) is 14.8. The monoisotopic (exact) mass is 437 g/mol. The number of hydrogen-bond acceptors (Lipinski definition) is 5. The highest BCUT2D eigenvalue weighted by atomic mass is 35.5. The molecule has 1 aromatic carbocycles. The highest BCUT2D eigenvalue weighted by Crippen LogP contribution is 2.50. The number of nitrogens with one attached hydrogen (secondary N) is 1. The number of fused-ring (bicyclic) bond motifs is 3. The molecule has 3 heterocycles. The topological polar surface area (TPSA) is 84.1 Å². The maximum atomic E-state index is 15.5. The fourth-order valence-electron chi connectivity index (χ4n) is 4.76. The Kier molecular flexibility index (Phi) is 4.41. The first-order valence-electron chi connectivity index (χ1n) is 9.97. The molecule has 3 N–H and O–H groups in total. The van der Waals surface area contributed by atoms with Crippen LogP contribution in [0.5, 0.6) is 0 Å². The van der Waals surface area contributed by atoms with Gasteiger partial charge in [-0.3, -0.25) is 9.78 Å². The maximum absolute atomic E-state index is 15.5. The van der Waals surface area contributed by atoms with E-state index in [-0.39, 0.29) is 22.2 Å². The molecule has 0 fully saturated rings. The minimum absolute atomic E-state index is 0.0853. The Bertz CT molecular complexity index is 1220. The maximum Gasteiger partial charge on any atom is 0.258 e. The van der Waals surface area contributed by atoms with Gasteiger partial charge in [0.2, 0.25) is 0 Å². The minimum Gasteiger partial charge on any atom is -0.398 e. The fourth-order valence-corrected chi connectivity index (χ4v) is 5.20. The van der Waals surface area contributed by atoms with Crippen LogP contribution in [0.15, 0.2) is 36.8 Å². The van der Waals surface area contributed by atoms with Crippen LogP contribution in [0.1, 0.15) is 27.0 Å². The van der Waals surface area contributed by atoms with Crippen molar-refractivity contribution in [3.8, 4) is 11.1 Å². The normalized spacial score (nSPS) is 18.6. The average Bonchev–Trinajstić information content (AvgIpc) is 3.29. The van der Waals surface area contributed by atoms with Crippen LogP contribution in [0.2, 0.25) is 5.02 Å². The van der Waals surface area contributed by atoms with Crippen molar-refractivity contribution in [2.75, 3.05) is 31.7 Å². The van der Waals surface area contributed by atoms with E-state index in [1.54, 1.807) is 32.6 Å². The van der Waals surface area contributed by atoms with Crippen LogP contribution in [-0.2, 0) is 18.3 Å². The third-order valence-corrected chi connectivity index (χ3v) is 6.68. The number of hydrogen-bond donors (Lipinski definition) is 2. The van der Waals surface area contributed by atoms with E-state index in [2.05, 4.69) is 15.3 Å². The number of aromatic nitrogens is 2. The van der Waals surface area contributed by atoms with E-state index in [1.165, 1.54) is 22.1 Å². The van der Waals surface area contributed by atoms with E-state index in [9.17, 15) is 4.79 Å². The van der Waals surface area contributed by atoms with Crippen LogP contribution in [0.4, 0.5) is 15.9 Å². The standard InChI is InChI=1S/C23H21ClFN5O/c1-30(2)22(31)17-16(26)4-3-14(20(17)25)15-10-28-21-18(19(15)24)23(11-29-21)7-12-5-6-27-9-13(12)8-23/h3-6,9-10H,7-8,11,26H2,1-2H3,(H,28,29). The van der Waals surface area contributed by atoms with E-state index in [4.69, 9.17) is 17.3 Å². The van der Waals surface area contributed by atoms with Crippen molar-refractivity contribution in [3.63, 3.8) is 0 Å². The largest absolute Gasteiger partial charge is 0.398 e. The van der Waals surface area contributed by atoms with Crippen LogP contribution < -0.4 is 11.1 Å². The molecule has 0 saturated carbocycles. The van der Waals surface area contributed by atoms with Gasteiger partial charge in [0.05, 0.1) is 10.6 Å². The van der Waals surface area contributed by atoms with Crippen molar-refractivity contribution in [3.05, 3.63) is 69.9 Å². The Morgan fingerprint density at radius 2 is 1.97 bits per heavy atom. The summed E-state index contributed by atoms with van der Waals surface area (Å²) >= 11 is 6.92. The molecule has 2 aliphatic rings. The van der Waals surface area contributed by atoms with Gasteiger partial charge in [0.1, 0.15) is 11.6 Å². The lowest BCUT2D eigenvalue weighted by Crippen LogP contribution is -2.29. The minimum atomic E-state index is -0.693. The van der Waals surface area contributed by atoms with Gasteiger partial charge in [0, 0.05) is 67.0 Å². The second kappa shape index (κ2) is 6.92. The number of carbonyl (C=O) groups is 1. The number of anilines is 2. The molecule has 1 spiro atoms. The molecule has 6 nitrogen and oxygen atoms in total. The van der Waals surface area contributed by atoms with E-state index >= 15 is 4.39 Å². The fraction of sp³-hybridized carbons (Fsp3) is 0.261. The molecular formula is C23H21ClFN5O. The van der Waals surface area contributed by atoms with Crippen LogP contribution in [0.3, 0.4) is 0 Å². The van der Waals surface area contributed by atoms with Crippen LogP contribution in [0, 0.1) is 5.82 Å². The molecule has 1 atom stereocenters. The molecule has 3 aromatic rings. The zero-order valence-electron chi connectivity index (χ0n) is 17.2. The average molecular weight is 438 g/mol. The Morgan fingerprint density at radius 1 is 1.19 bits per heavy atom. The van der Waals surface area contributed by atoms with Gasteiger partial charge < -0.3 is 16.0 Å². The molecular weight excluding hydrogens is 417 g/mol. The molecule has 158 valence electrons. The van der Waals surface area contributed by atoms with Crippen molar-refractivity contribution in [2.45, 2.75) is 18.3 Å². The Labute approximate surface area is 184 Å². The molecule has 0 radical (unpaired) electrons. The summed E-state index contributed by atoms with van der Waals surface area (Å²) in [5.74, 6) is -0.477. The first-order valence-corrected chi connectivity index (χ1v) is 10.3. The summed E-state index contributed by atoms with van der Waals surface area (Å²) in [7, 11) is 3.11. The number of halogens is 2. The van der Waals surface area contributed by atoms with Crippen molar-refractivity contribution < 1.29 is 9.18 Å². The van der Waals surface area contributed by atoms with E-state index < -0.39 is 11.7 Å². The van der Waals surface area contributed by atoms with Gasteiger partial charge in [0.15, 0.2) is 0 Å². The van der Waals surface area contributed by atoms with Crippen molar-refractivity contribution in [2.24, 2.45) is 0 Å². The van der Waals surface area contributed by atoms with Crippen molar-refractivity contribution in [1.29, 1.82) is 0 Å². The molecule has 0 bridgehead atoms. The van der Waals surface area contributed by atoms with Crippen molar-refractivity contribution >= 4 is 29.0 Å². The molecule has 31 heavy (non-hydrogen) atoms. The van der Waals surface area contributed by atoms with Gasteiger partial charge in [-0.1, -0.05) is 11.6 Å². The molecule has 8 heteroatoms. The number of nitrogens with two attached hydrogens (primary N) is 1. The summed E-state index contributed by atoms with van der Waals surface area (Å²) in [6.07, 6.45) is 6.84. The lowest BCUT2D eigenvalue weighted by molar-refractivity contribution is 0.0824. The molecule has 1 unspecified atom stereocenters. The number of amides is 1. The molecule has 1 amide bonds. The summed E-state index contributed by atoms with van der Waals surface area (Å²) in [5.41, 5.74) is 9.57. The number of nitrogens with zero attached hydrogens (tertiary/aromatic N) is 3. The number of nitrogen functional groups attached to an aromatic ring is 1. The number of pyridine rings is 2. The number of carbonyl (C=O) groups excluding carboxylic acids is 1. The summed E-state index contributed by atoms with van der Waals surface area (Å²) in [6, 6.07) is 5.12. The summed E-state index contributed by atoms with van der Waals surface area (Å²) < 4.78 is 15.5. The van der Waals surface area contributed by atoms with Crippen molar-refractivity contribution in [1.82, 2.24) is 14.9 Å². The van der Waals surface area contributed by atoms with Crippen LogP contribution >= 0.6 is 11.6 Å². The van der Waals surface area contributed by atoms with Gasteiger partial charge in [-0.25, -0.2) is 9.37 Å². The second-order valence-electron chi connectivity index (χ2n) is 8.43. The lowest BCUT2D eigenvalue weighted by Gasteiger charge is -2.24. The predicted molar refractivity (Wildman–Crippen MR) is 119 cm³/mol. The molecule has 2 aromatic heterocycles. The second-order valence-corrected chi connectivity index (χ2v) is 8.81. The van der Waals surface area contributed by atoms with Gasteiger partial charge >= 0.3 is 0 Å². The SMILES string of the molecule is CN(C)C(=O)c1c(N)ccc(-c2cnc3c(c2Cl)C2(CN3)Cc3ccncc3C2)c1F. The zero-order chi connectivity index (χ0) is 21.9. The summed E-state index contributed by atoms with van der Waals surface area (Å²) in [5, 5.41) is 3.81. The van der Waals surface area contributed by atoms with Gasteiger partial charge in [-0.2, -0.15) is 0 Å². The number of benzene rings is 1. The van der Waals surface area contributed by atoms with E-state index in [0.29, 0.717) is 17.1 Å². The Hall–Kier alpha value is -3.19. The van der Waals surface area contributed by atoms with Gasteiger partial charge in [0.25, 0.3) is 5.91 Å². The Balaban J connectivity index is 1.65. The summed E-state index contributed by atoms with van der Waals surface area (Å²) in [6.45, 7) is 0.696. The first kappa shape index (κ1) is 19.8.